The van der Waals surface area contributed by atoms with E-state index < -0.39 is 5.60 Å². The number of nitrogens with zero attached hydrogens (tertiary/aromatic N) is 1. The largest absolute Gasteiger partial charge is 0.498 e. The van der Waals surface area contributed by atoms with Crippen molar-refractivity contribution in [2.75, 3.05) is 13.2 Å². The molecule has 14 heavy (non-hydrogen) atoms. The van der Waals surface area contributed by atoms with Crippen molar-refractivity contribution >= 4 is 6.09 Å². The second-order valence-electron chi connectivity index (χ2n) is 4.26. The summed E-state index contributed by atoms with van der Waals surface area (Å²) in [6.45, 7) is 8.45. The zero-order valence-corrected chi connectivity index (χ0v) is 9.16. The molecule has 0 unspecified atom stereocenters. The van der Waals surface area contributed by atoms with Crippen molar-refractivity contribution in [1.82, 2.24) is 4.90 Å². The number of rotatable bonds is 0. The minimum Gasteiger partial charge on any atom is -0.498 e. The molecule has 1 amide bonds. The number of hydrogen-bond acceptors (Lipinski definition) is 3. The molecule has 1 aliphatic rings. The van der Waals surface area contributed by atoms with Gasteiger partial charge in [-0.25, -0.2) is 4.79 Å². The third-order valence-corrected chi connectivity index (χ3v) is 1.73. The lowest BCUT2D eigenvalue weighted by Crippen LogP contribution is -2.39. The summed E-state index contributed by atoms with van der Waals surface area (Å²) >= 11 is 0. The van der Waals surface area contributed by atoms with E-state index in [2.05, 4.69) is 0 Å². The van der Waals surface area contributed by atoms with E-state index in [0.717, 1.165) is 5.70 Å². The van der Waals surface area contributed by atoms with Gasteiger partial charge in [-0.2, -0.15) is 0 Å². The molecule has 0 bridgehead atoms. The van der Waals surface area contributed by atoms with Crippen molar-refractivity contribution in [1.29, 1.82) is 0 Å². The van der Waals surface area contributed by atoms with E-state index in [0.29, 0.717) is 13.2 Å². The van der Waals surface area contributed by atoms with Gasteiger partial charge >= 0.3 is 6.09 Å². The van der Waals surface area contributed by atoms with E-state index in [1.807, 2.05) is 27.7 Å². The highest BCUT2D eigenvalue weighted by Crippen LogP contribution is 2.15. The number of amides is 1. The van der Waals surface area contributed by atoms with Crippen LogP contribution in [0.4, 0.5) is 4.79 Å². The van der Waals surface area contributed by atoms with Gasteiger partial charge in [0.05, 0.1) is 12.2 Å². The van der Waals surface area contributed by atoms with Crippen LogP contribution >= 0.6 is 0 Å². The molecule has 80 valence electrons. The van der Waals surface area contributed by atoms with Gasteiger partial charge in [-0.05, 0) is 27.7 Å². The maximum atomic E-state index is 11.6. The third-order valence-electron chi connectivity index (χ3n) is 1.73. The summed E-state index contributed by atoms with van der Waals surface area (Å²) in [6, 6.07) is 0. The van der Waals surface area contributed by atoms with Gasteiger partial charge in [0.2, 0.25) is 0 Å². The molecule has 1 heterocycles. The summed E-state index contributed by atoms with van der Waals surface area (Å²) in [5, 5.41) is 0. The Morgan fingerprint density at radius 3 is 2.71 bits per heavy atom. The average molecular weight is 199 g/mol. The van der Waals surface area contributed by atoms with Crippen LogP contribution in [0.25, 0.3) is 0 Å². The molecule has 1 rings (SSSR count). The topological polar surface area (TPSA) is 38.8 Å². The summed E-state index contributed by atoms with van der Waals surface area (Å²) < 4.78 is 10.3. The van der Waals surface area contributed by atoms with Gasteiger partial charge in [-0.15, -0.1) is 0 Å². The molecule has 4 nitrogen and oxygen atoms in total. The number of carbonyl (C=O) groups excluding carboxylic acids is 1. The normalized spacial score (nSPS) is 17.1. The molecule has 0 aromatic heterocycles. The lowest BCUT2D eigenvalue weighted by Gasteiger charge is -2.29. The fourth-order valence-electron chi connectivity index (χ4n) is 1.12. The molecule has 0 saturated heterocycles. The summed E-state index contributed by atoms with van der Waals surface area (Å²) in [7, 11) is 0. The second-order valence-corrected chi connectivity index (χ2v) is 4.26. The van der Waals surface area contributed by atoms with Gasteiger partial charge in [-0.3, -0.25) is 4.90 Å². The lowest BCUT2D eigenvalue weighted by atomic mass is 10.2. The quantitative estimate of drug-likeness (QED) is 0.599. The van der Waals surface area contributed by atoms with Crippen LogP contribution in [-0.2, 0) is 9.47 Å². The Kier molecular flexibility index (Phi) is 3.03. The molecule has 0 saturated carbocycles. The van der Waals surface area contributed by atoms with Crippen LogP contribution in [0.1, 0.15) is 27.7 Å². The summed E-state index contributed by atoms with van der Waals surface area (Å²) in [5.74, 6) is 0. The standard InChI is InChI=1S/C10H17NO3/c1-8-7-13-6-5-11(8)9(12)14-10(2,3)4/h7H,5-6H2,1-4H3. The zero-order valence-electron chi connectivity index (χ0n) is 9.16. The van der Waals surface area contributed by atoms with Crippen LogP contribution in [-0.4, -0.2) is 29.7 Å². The molecular formula is C10H17NO3. The molecule has 0 aromatic rings. The molecule has 0 spiro atoms. The Morgan fingerprint density at radius 1 is 1.57 bits per heavy atom. The van der Waals surface area contributed by atoms with Crippen LogP contribution in [0.5, 0.6) is 0 Å². The first-order valence-electron chi connectivity index (χ1n) is 4.69. The lowest BCUT2D eigenvalue weighted by molar-refractivity contribution is 0.0235. The fraction of sp³-hybridized carbons (Fsp3) is 0.700. The van der Waals surface area contributed by atoms with E-state index in [1.165, 1.54) is 0 Å². The molecule has 1 aliphatic heterocycles. The van der Waals surface area contributed by atoms with Crippen LogP contribution < -0.4 is 0 Å². The first-order valence-corrected chi connectivity index (χ1v) is 4.69. The van der Waals surface area contributed by atoms with Crippen LogP contribution in [0.2, 0.25) is 0 Å². The molecule has 0 radical (unpaired) electrons. The molecule has 0 aliphatic carbocycles. The maximum absolute atomic E-state index is 11.6. The fourth-order valence-corrected chi connectivity index (χ4v) is 1.12. The van der Waals surface area contributed by atoms with Gasteiger partial charge < -0.3 is 9.47 Å². The van der Waals surface area contributed by atoms with Crippen molar-refractivity contribution in [3.8, 4) is 0 Å². The van der Waals surface area contributed by atoms with Crippen molar-refractivity contribution in [3.05, 3.63) is 12.0 Å². The van der Waals surface area contributed by atoms with Crippen molar-refractivity contribution < 1.29 is 14.3 Å². The van der Waals surface area contributed by atoms with Crippen LogP contribution in [0.3, 0.4) is 0 Å². The summed E-state index contributed by atoms with van der Waals surface area (Å²) in [6.07, 6.45) is 1.27. The highest BCUT2D eigenvalue weighted by atomic mass is 16.6. The van der Waals surface area contributed by atoms with E-state index in [-0.39, 0.29) is 6.09 Å². The third kappa shape index (κ3) is 2.94. The Balaban J connectivity index is 2.60. The van der Waals surface area contributed by atoms with Crippen LogP contribution in [0, 0.1) is 0 Å². The summed E-state index contributed by atoms with van der Waals surface area (Å²) in [5.41, 5.74) is 0.334. The first-order chi connectivity index (χ1) is 6.40. The van der Waals surface area contributed by atoms with Crippen LogP contribution in [0.15, 0.2) is 12.0 Å². The van der Waals surface area contributed by atoms with E-state index in [4.69, 9.17) is 9.47 Å². The average Bonchev–Trinajstić information content (AvgIpc) is 2.01. The minimum atomic E-state index is -0.449. The highest BCUT2D eigenvalue weighted by molar-refractivity contribution is 5.70. The maximum Gasteiger partial charge on any atom is 0.414 e. The van der Waals surface area contributed by atoms with E-state index in [1.54, 1.807) is 11.2 Å². The van der Waals surface area contributed by atoms with Crippen molar-refractivity contribution in [3.63, 3.8) is 0 Å². The van der Waals surface area contributed by atoms with Crippen molar-refractivity contribution in [2.45, 2.75) is 33.3 Å². The number of ether oxygens (including phenoxy) is 2. The van der Waals surface area contributed by atoms with Gasteiger partial charge in [0.1, 0.15) is 18.5 Å². The molecule has 0 fully saturated rings. The highest BCUT2D eigenvalue weighted by Gasteiger charge is 2.24. The van der Waals surface area contributed by atoms with Crippen molar-refractivity contribution in [2.24, 2.45) is 0 Å². The van der Waals surface area contributed by atoms with Gasteiger partial charge in [0, 0.05) is 0 Å². The second kappa shape index (κ2) is 3.90. The Morgan fingerprint density at radius 2 is 2.21 bits per heavy atom. The predicted molar refractivity (Wildman–Crippen MR) is 52.6 cm³/mol. The number of hydrogen-bond donors (Lipinski definition) is 0. The van der Waals surface area contributed by atoms with E-state index in [9.17, 15) is 4.79 Å². The van der Waals surface area contributed by atoms with Gasteiger partial charge in [-0.1, -0.05) is 0 Å². The molecule has 4 heteroatoms. The molecule has 0 atom stereocenters. The minimum absolute atomic E-state index is 0.311. The molecule has 0 aromatic carbocycles. The summed E-state index contributed by atoms with van der Waals surface area (Å²) in [4.78, 5) is 13.2. The Labute approximate surface area is 84.5 Å². The molecular weight excluding hydrogens is 182 g/mol. The first kappa shape index (κ1) is 10.9. The van der Waals surface area contributed by atoms with E-state index >= 15 is 0 Å². The number of carbonyl (C=O) groups is 1. The zero-order chi connectivity index (χ0) is 10.8. The van der Waals surface area contributed by atoms with Gasteiger partial charge in [0.15, 0.2) is 0 Å². The Hall–Kier alpha value is -1.19. The monoisotopic (exact) mass is 199 g/mol. The smallest absolute Gasteiger partial charge is 0.414 e. The SMILES string of the molecule is CC1=COCCN1C(=O)OC(C)(C)C. The number of allylic oxidation sites excluding steroid dienone is 1. The molecule has 0 N–H and O–H groups in total. The predicted octanol–water partition coefficient (Wildman–Crippen LogP) is 2.12. The Bertz CT molecular complexity index is 253. The van der Waals surface area contributed by atoms with Gasteiger partial charge in [0.25, 0.3) is 0 Å².